The SMILES string of the molecule is CC(=O)NCCN(CCO)CCC(=O)[O-].[Na+]. The summed E-state index contributed by atoms with van der Waals surface area (Å²) in [7, 11) is 0. The van der Waals surface area contributed by atoms with E-state index in [1.807, 2.05) is 0 Å². The fourth-order valence-corrected chi connectivity index (χ4v) is 1.12. The standard InChI is InChI=1S/C9H18N2O4.Na/c1-8(13)10-3-5-11(6-7-12)4-2-9(14)15;/h12H,2-7H2,1H3,(H,10,13)(H,14,15);/q;+1/p-1. The summed E-state index contributed by atoms with van der Waals surface area (Å²) in [6.07, 6.45) is -0.0694. The molecule has 0 aromatic rings. The van der Waals surface area contributed by atoms with Crippen LogP contribution in [0.4, 0.5) is 0 Å². The first-order valence-electron chi connectivity index (χ1n) is 4.83. The van der Waals surface area contributed by atoms with E-state index in [0.717, 1.165) is 0 Å². The number of amides is 1. The van der Waals surface area contributed by atoms with Gasteiger partial charge < -0.3 is 20.3 Å². The fourth-order valence-electron chi connectivity index (χ4n) is 1.12. The first-order chi connectivity index (χ1) is 7.06. The van der Waals surface area contributed by atoms with Crippen molar-refractivity contribution in [3.05, 3.63) is 0 Å². The van der Waals surface area contributed by atoms with Crippen LogP contribution in [-0.2, 0) is 9.59 Å². The molecule has 0 aromatic heterocycles. The Morgan fingerprint density at radius 2 is 1.94 bits per heavy atom. The average Bonchev–Trinajstić information content (AvgIpc) is 2.13. The van der Waals surface area contributed by atoms with Crippen molar-refractivity contribution in [2.45, 2.75) is 13.3 Å². The molecule has 0 fully saturated rings. The van der Waals surface area contributed by atoms with Gasteiger partial charge in [-0.15, -0.1) is 0 Å². The number of rotatable bonds is 8. The van der Waals surface area contributed by atoms with E-state index in [2.05, 4.69) is 5.32 Å². The molecule has 88 valence electrons. The summed E-state index contributed by atoms with van der Waals surface area (Å²) >= 11 is 0. The van der Waals surface area contributed by atoms with Gasteiger partial charge in [0.2, 0.25) is 5.91 Å². The van der Waals surface area contributed by atoms with Crippen LogP contribution in [0.25, 0.3) is 0 Å². The molecule has 0 rings (SSSR count). The van der Waals surface area contributed by atoms with Crippen molar-refractivity contribution >= 4 is 11.9 Å². The smallest absolute Gasteiger partial charge is 0.550 e. The second-order valence-electron chi connectivity index (χ2n) is 3.17. The number of hydrogen-bond donors (Lipinski definition) is 2. The largest absolute Gasteiger partial charge is 1.00 e. The maximum Gasteiger partial charge on any atom is 1.00 e. The van der Waals surface area contributed by atoms with Crippen LogP contribution in [0.15, 0.2) is 0 Å². The molecule has 7 heteroatoms. The summed E-state index contributed by atoms with van der Waals surface area (Å²) in [6.45, 7) is 3.07. The van der Waals surface area contributed by atoms with E-state index < -0.39 is 5.97 Å². The molecule has 0 atom stereocenters. The molecule has 0 bridgehead atoms. The molecule has 0 spiro atoms. The number of nitrogens with zero attached hydrogens (tertiary/aromatic N) is 1. The third kappa shape index (κ3) is 11.9. The summed E-state index contributed by atoms with van der Waals surface area (Å²) in [5, 5.41) is 21.5. The van der Waals surface area contributed by atoms with Crippen LogP contribution in [0, 0.1) is 0 Å². The molecular formula is C9H17N2NaO4. The van der Waals surface area contributed by atoms with E-state index in [1.54, 1.807) is 4.90 Å². The maximum atomic E-state index is 10.6. The van der Waals surface area contributed by atoms with Gasteiger partial charge in [0, 0.05) is 39.1 Å². The van der Waals surface area contributed by atoms with Crippen molar-refractivity contribution in [1.82, 2.24) is 10.2 Å². The minimum Gasteiger partial charge on any atom is -0.550 e. The molecule has 0 aliphatic carbocycles. The number of carbonyl (C=O) groups is 2. The number of nitrogens with one attached hydrogen (secondary N) is 1. The molecule has 0 unspecified atom stereocenters. The Morgan fingerprint density at radius 3 is 2.38 bits per heavy atom. The third-order valence-corrected chi connectivity index (χ3v) is 1.85. The molecule has 0 aliphatic heterocycles. The van der Waals surface area contributed by atoms with E-state index in [4.69, 9.17) is 5.11 Å². The molecule has 0 aromatic carbocycles. The molecule has 0 saturated heterocycles. The van der Waals surface area contributed by atoms with Crippen molar-refractivity contribution in [3.63, 3.8) is 0 Å². The van der Waals surface area contributed by atoms with Crippen LogP contribution < -0.4 is 40.0 Å². The quantitative estimate of drug-likeness (QED) is 0.413. The van der Waals surface area contributed by atoms with E-state index in [9.17, 15) is 14.7 Å². The monoisotopic (exact) mass is 240 g/mol. The first kappa shape index (κ1) is 18.2. The Bertz CT molecular complexity index is 214. The second kappa shape index (κ2) is 11.3. The molecule has 2 N–H and O–H groups in total. The molecule has 16 heavy (non-hydrogen) atoms. The van der Waals surface area contributed by atoms with Crippen LogP contribution in [-0.4, -0.2) is 54.7 Å². The number of carboxylic acid groups (broad SMARTS) is 1. The molecular weight excluding hydrogens is 223 g/mol. The van der Waals surface area contributed by atoms with Gasteiger partial charge in [0.15, 0.2) is 0 Å². The minimum absolute atomic E-state index is 0. The van der Waals surface area contributed by atoms with E-state index in [1.165, 1.54) is 6.92 Å². The van der Waals surface area contributed by atoms with Crippen LogP contribution >= 0.6 is 0 Å². The molecule has 0 heterocycles. The topological polar surface area (TPSA) is 92.7 Å². The van der Waals surface area contributed by atoms with Gasteiger partial charge in [-0.2, -0.15) is 0 Å². The van der Waals surface area contributed by atoms with Crippen LogP contribution in [0.3, 0.4) is 0 Å². The third-order valence-electron chi connectivity index (χ3n) is 1.85. The summed E-state index contributed by atoms with van der Waals surface area (Å²) in [5.41, 5.74) is 0. The predicted octanol–water partition coefficient (Wildman–Crippen LogP) is -5.44. The summed E-state index contributed by atoms with van der Waals surface area (Å²) < 4.78 is 0. The zero-order valence-electron chi connectivity index (χ0n) is 9.86. The van der Waals surface area contributed by atoms with Crippen molar-refractivity contribution in [2.75, 3.05) is 32.8 Å². The van der Waals surface area contributed by atoms with Gasteiger partial charge in [-0.05, 0) is 6.42 Å². The van der Waals surface area contributed by atoms with E-state index in [0.29, 0.717) is 26.2 Å². The van der Waals surface area contributed by atoms with Crippen molar-refractivity contribution in [2.24, 2.45) is 0 Å². The molecule has 6 nitrogen and oxygen atoms in total. The number of carboxylic acids is 1. The summed E-state index contributed by atoms with van der Waals surface area (Å²) in [4.78, 5) is 22.5. The van der Waals surface area contributed by atoms with Gasteiger partial charge in [-0.25, -0.2) is 0 Å². The Labute approximate surface area is 117 Å². The van der Waals surface area contributed by atoms with Crippen molar-refractivity contribution in [1.29, 1.82) is 0 Å². The normalized spacial score (nSPS) is 9.69. The average molecular weight is 240 g/mol. The van der Waals surface area contributed by atoms with Crippen molar-refractivity contribution in [3.8, 4) is 0 Å². The van der Waals surface area contributed by atoms with Gasteiger partial charge in [0.1, 0.15) is 0 Å². The Hall–Kier alpha value is -0.140. The molecule has 1 amide bonds. The summed E-state index contributed by atoms with van der Waals surface area (Å²) in [6, 6.07) is 0. The molecule has 0 aliphatic rings. The second-order valence-corrected chi connectivity index (χ2v) is 3.17. The van der Waals surface area contributed by atoms with E-state index in [-0.39, 0.29) is 48.5 Å². The first-order valence-corrected chi connectivity index (χ1v) is 4.83. The number of aliphatic carboxylic acids is 1. The van der Waals surface area contributed by atoms with Gasteiger partial charge in [-0.3, -0.25) is 9.69 Å². The summed E-state index contributed by atoms with van der Waals surface area (Å²) in [5.74, 6) is -1.24. The van der Waals surface area contributed by atoms with Gasteiger partial charge in [0.05, 0.1) is 6.61 Å². The number of aliphatic hydroxyl groups excluding tert-OH is 1. The van der Waals surface area contributed by atoms with Crippen LogP contribution in [0.5, 0.6) is 0 Å². The Balaban J connectivity index is 0. The van der Waals surface area contributed by atoms with Crippen LogP contribution in [0.1, 0.15) is 13.3 Å². The number of carbonyl (C=O) groups excluding carboxylic acids is 2. The number of hydrogen-bond acceptors (Lipinski definition) is 5. The fraction of sp³-hybridized carbons (Fsp3) is 0.778. The maximum absolute atomic E-state index is 10.6. The zero-order valence-corrected chi connectivity index (χ0v) is 11.9. The van der Waals surface area contributed by atoms with E-state index >= 15 is 0 Å². The minimum atomic E-state index is -1.11. The molecule has 0 saturated carbocycles. The van der Waals surface area contributed by atoms with Crippen molar-refractivity contribution < 1.29 is 49.4 Å². The zero-order chi connectivity index (χ0) is 11.7. The van der Waals surface area contributed by atoms with Gasteiger partial charge in [0.25, 0.3) is 0 Å². The Kier molecular flexibility index (Phi) is 12.9. The van der Waals surface area contributed by atoms with Crippen LogP contribution in [0.2, 0.25) is 0 Å². The predicted molar refractivity (Wildman–Crippen MR) is 51.8 cm³/mol. The number of aliphatic hydroxyl groups is 1. The Morgan fingerprint density at radius 1 is 1.31 bits per heavy atom. The van der Waals surface area contributed by atoms with Gasteiger partial charge >= 0.3 is 29.6 Å². The van der Waals surface area contributed by atoms with Gasteiger partial charge in [-0.1, -0.05) is 0 Å². The molecule has 0 radical (unpaired) electrons.